The summed E-state index contributed by atoms with van der Waals surface area (Å²) in [6.45, 7) is 4.17. The molecule has 0 aromatic heterocycles. The fraction of sp³-hybridized carbons (Fsp3) is 0.364. The summed E-state index contributed by atoms with van der Waals surface area (Å²) in [5.74, 6) is -1.68. The van der Waals surface area contributed by atoms with E-state index in [0.717, 1.165) is 12.1 Å². The van der Waals surface area contributed by atoms with Gasteiger partial charge < -0.3 is 4.74 Å². The van der Waals surface area contributed by atoms with Gasteiger partial charge in [0.05, 0.1) is 16.1 Å². The molecule has 1 aliphatic rings. The van der Waals surface area contributed by atoms with Crippen LogP contribution in [0.25, 0.3) is 0 Å². The number of aliphatic imine (C=N–C) groups is 1. The van der Waals surface area contributed by atoms with Crippen LogP contribution in [0.4, 0.5) is 8.78 Å². The lowest BCUT2D eigenvalue weighted by molar-refractivity contribution is 0.279. The van der Waals surface area contributed by atoms with Gasteiger partial charge in [-0.3, -0.25) is 0 Å². The lowest BCUT2D eigenvalue weighted by Crippen LogP contribution is -2.17. The van der Waals surface area contributed by atoms with Crippen molar-refractivity contribution in [3.05, 3.63) is 34.4 Å². The Labute approximate surface area is 96.9 Å². The second-order valence-corrected chi connectivity index (χ2v) is 4.67. The predicted molar refractivity (Wildman–Crippen MR) is 57.9 cm³/mol. The summed E-state index contributed by atoms with van der Waals surface area (Å²) >= 11 is 5.81. The molecule has 0 saturated heterocycles. The summed E-state index contributed by atoms with van der Waals surface area (Å²) in [7, 11) is 0. The first-order chi connectivity index (χ1) is 7.39. The smallest absolute Gasteiger partial charge is 0.218 e. The van der Waals surface area contributed by atoms with Crippen molar-refractivity contribution in [3.8, 4) is 0 Å². The molecule has 0 bridgehead atoms. The number of halogens is 3. The lowest BCUT2D eigenvalue weighted by atomic mass is 10.1. The third-order valence-corrected chi connectivity index (χ3v) is 2.52. The van der Waals surface area contributed by atoms with Gasteiger partial charge >= 0.3 is 0 Å². The quantitative estimate of drug-likeness (QED) is 0.697. The minimum atomic E-state index is -0.980. The van der Waals surface area contributed by atoms with Crippen LogP contribution in [0.3, 0.4) is 0 Å². The first-order valence-corrected chi connectivity index (χ1v) is 5.14. The van der Waals surface area contributed by atoms with E-state index in [1.165, 1.54) is 0 Å². The Morgan fingerprint density at radius 2 is 1.94 bits per heavy atom. The molecule has 2 rings (SSSR count). The largest absolute Gasteiger partial charge is 0.475 e. The highest BCUT2D eigenvalue weighted by Gasteiger charge is 2.28. The zero-order valence-corrected chi connectivity index (χ0v) is 9.61. The Morgan fingerprint density at radius 1 is 1.31 bits per heavy atom. The second-order valence-electron chi connectivity index (χ2n) is 4.26. The van der Waals surface area contributed by atoms with Crippen LogP contribution in [0.2, 0.25) is 5.02 Å². The molecule has 1 heterocycles. The van der Waals surface area contributed by atoms with Gasteiger partial charge in [-0.25, -0.2) is 13.8 Å². The molecule has 0 fully saturated rings. The van der Waals surface area contributed by atoms with Gasteiger partial charge in [0.15, 0.2) is 11.6 Å². The maximum atomic E-state index is 13.1. The van der Waals surface area contributed by atoms with Crippen molar-refractivity contribution >= 4 is 17.5 Å². The van der Waals surface area contributed by atoms with Gasteiger partial charge in [-0.2, -0.15) is 0 Å². The fourth-order valence-electron chi connectivity index (χ4n) is 1.41. The molecule has 86 valence electrons. The number of nitrogens with zero attached hydrogens (tertiary/aromatic N) is 1. The average molecular weight is 246 g/mol. The normalized spacial score (nSPS) is 18.2. The summed E-state index contributed by atoms with van der Waals surface area (Å²) in [5, 5.41) is 0.0929. The van der Waals surface area contributed by atoms with Gasteiger partial charge in [-0.05, 0) is 26.0 Å². The van der Waals surface area contributed by atoms with Crippen LogP contribution in [0.1, 0.15) is 19.4 Å². The maximum absolute atomic E-state index is 13.1. The standard InChI is InChI=1S/C11H10ClF2NO/c1-11(2)5-16-10(15-11)6-3-8(13)9(14)4-7(6)12/h3-4H,5H2,1-2H3. The monoisotopic (exact) mass is 245 g/mol. The highest BCUT2D eigenvalue weighted by atomic mass is 35.5. The lowest BCUT2D eigenvalue weighted by Gasteiger charge is -2.07. The zero-order chi connectivity index (χ0) is 11.9. The molecule has 1 aliphatic heterocycles. The van der Waals surface area contributed by atoms with E-state index in [-0.39, 0.29) is 22.0 Å². The summed E-state index contributed by atoms with van der Waals surface area (Å²) < 4.78 is 31.2. The molecular weight excluding hydrogens is 236 g/mol. The summed E-state index contributed by atoms with van der Waals surface area (Å²) in [6.07, 6.45) is 0. The van der Waals surface area contributed by atoms with E-state index in [1.54, 1.807) is 0 Å². The minimum absolute atomic E-state index is 0.0929. The number of benzene rings is 1. The van der Waals surface area contributed by atoms with Crippen LogP contribution >= 0.6 is 11.6 Å². The predicted octanol–water partition coefficient (Wildman–Crippen LogP) is 3.17. The molecule has 0 amide bonds. The topological polar surface area (TPSA) is 21.6 Å². The second kappa shape index (κ2) is 3.70. The van der Waals surface area contributed by atoms with Crippen molar-refractivity contribution < 1.29 is 13.5 Å². The van der Waals surface area contributed by atoms with E-state index in [0.29, 0.717) is 6.61 Å². The van der Waals surface area contributed by atoms with Crippen LogP contribution in [-0.4, -0.2) is 18.0 Å². The molecule has 1 aromatic rings. The van der Waals surface area contributed by atoms with E-state index in [2.05, 4.69) is 4.99 Å². The van der Waals surface area contributed by atoms with E-state index in [1.807, 2.05) is 13.8 Å². The Bertz CT molecular complexity index is 471. The SMILES string of the molecule is CC1(C)COC(c2cc(F)c(F)cc2Cl)=N1. The molecular formula is C11H10ClF2NO. The molecule has 0 aliphatic carbocycles. The van der Waals surface area contributed by atoms with Gasteiger partial charge in [0.1, 0.15) is 6.61 Å². The number of hydrogen-bond acceptors (Lipinski definition) is 2. The fourth-order valence-corrected chi connectivity index (χ4v) is 1.64. The van der Waals surface area contributed by atoms with Crippen molar-refractivity contribution in [2.45, 2.75) is 19.4 Å². The maximum Gasteiger partial charge on any atom is 0.218 e. The highest BCUT2D eigenvalue weighted by molar-refractivity contribution is 6.33. The highest BCUT2D eigenvalue weighted by Crippen LogP contribution is 2.26. The van der Waals surface area contributed by atoms with Crippen LogP contribution in [-0.2, 0) is 4.74 Å². The zero-order valence-electron chi connectivity index (χ0n) is 8.85. The van der Waals surface area contributed by atoms with Gasteiger partial charge in [-0.15, -0.1) is 0 Å². The molecule has 5 heteroatoms. The Balaban J connectivity index is 2.46. The molecule has 0 spiro atoms. The van der Waals surface area contributed by atoms with Crippen LogP contribution in [0.15, 0.2) is 17.1 Å². The molecule has 0 saturated carbocycles. The molecule has 2 nitrogen and oxygen atoms in total. The Hall–Kier alpha value is -1.16. The first-order valence-electron chi connectivity index (χ1n) is 4.77. The van der Waals surface area contributed by atoms with E-state index >= 15 is 0 Å². The van der Waals surface area contributed by atoms with Gasteiger partial charge in [-0.1, -0.05) is 11.6 Å². The first kappa shape index (κ1) is 11.3. The van der Waals surface area contributed by atoms with E-state index < -0.39 is 11.6 Å². The van der Waals surface area contributed by atoms with Gasteiger partial charge in [0.2, 0.25) is 5.90 Å². The Morgan fingerprint density at radius 3 is 2.50 bits per heavy atom. The van der Waals surface area contributed by atoms with Crippen LogP contribution in [0.5, 0.6) is 0 Å². The van der Waals surface area contributed by atoms with Gasteiger partial charge in [0.25, 0.3) is 0 Å². The number of hydrogen-bond donors (Lipinski definition) is 0. The van der Waals surface area contributed by atoms with E-state index in [4.69, 9.17) is 16.3 Å². The molecule has 0 unspecified atom stereocenters. The average Bonchev–Trinajstić information content (AvgIpc) is 2.52. The third-order valence-electron chi connectivity index (χ3n) is 2.21. The molecule has 0 atom stereocenters. The van der Waals surface area contributed by atoms with Crippen molar-refractivity contribution in [1.82, 2.24) is 0 Å². The minimum Gasteiger partial charge on any atom is -0.475 e. The van der Waals surface area contributed by atoms with Gasteiger partial charge in [0, 0.05) is 0 Å². The van der Waals surface area contributed by atoms with Crippen molar-refractivity contribution in [2.75, 3.05) is 6.61 Å². The number of ether oxygens (including phenoxy) is 1. The summed E-state index contributed by atoms with van der Waals surface area (Å²) in [6, 6.07) is 1.92. The summed E-state index contributed by atoms with van der Waals surface area (Å²) in [4.78, 5) is 4.24. The summed E-state index contributed by atoms with van der Waals surface area (Å²) in [5.41, 5.74) is -0.0742. The van der Waals surface area contributed by atoms with Crippen molar-refractivity contribution in [2.24, 2.45) is 4.99 Å². The Kier molecular flexibility index (Phi) is 2.62. The molecule has 0 N–H and O–H groups in total. The van der Waals surface area contributed by atoms with Crippen LogP contribution < -0.4 is 0 Å². The molecule has 1 aromatic carbocycles. The van der Waals surface area contributed by atoms with Crippen LogP contribution in [0, 0.1) is 11.6 Å². The van der Waals surface area contributed by atoms with Crippen molar-refractivity contribution in [1.29, 1.82) is 0 Å². The third kappa shape index (κ3) is 2.02. The number of rotatable bonds is 1. The molecule has 0 radical (unpaired) electrons. The molecule has 16 heavy (non-hydrogen) atoms. The van der Waals surface area contributed by atoms with Crippen molar-refractivity contribution in [3.63, 3.8) is 0 Å². The van der Waals surface area contributed by atoms with E-state index in [9.17, 15) is 8.78 Å².